The van der Waals surface area contributed by atoms with Crippen LogP contribution < -0.4 is 0 Å². The number of furan rings is 1. The van der Waals surface area contributed by atoms with Gasteiger partial charge in [0.1, 0.15) is 4.33 Å². The van der Waals surface area contributed by atoms with Gasteiger partial charge in [-0.25, -0.2) is 0 Å². The summed E-state index contributed by atoms with van der Waals surface area (Å²) in [7, 11) is 0. The molecule has 1 saturated carbocycles. The lowest BCUT2D eigenvalue weighted by molar-refractivity contribution is 0.569. The van der Waals surface area contributed by atoms with Gasteiger partial charge in [-0.2, -0.15) is 0 Å². The van der Waals surface area contributed by atoms with E-state index in [-0.39, 0.29) is 0 Å². The quantitative estimate of drug-likeness (QED) is 0.452. The molecule has 0 saturated heterocycles. The summed E-state index contributed by atoms with van der Waals surface area (Å²) in [4.78, 5) is 0. The molecule has 1 fully saturated rings. The highest BCUT2D eigenvalue weighted by Gasteiger charge is 2.51. The maximum atomic E-state index is 6.12. The minimum atomic E-state index is -0.568. The lowest BCUT2D eigenvalue weighted by atomic mass is 10.2. The Morgan fingerprint density at radius 2 is 1.96 bits per heavy atom. The molecule has 4 nitrogen and oxygen atoms in total. The van der Waals surface area contributed by atoms with E-state index in [2.05, 4.69) is 26.9 Å². The van der Waals surface area contributed by atoms with E-state index >= 15 is 0 Å². The van der Waals surface area contributed by atoms with Crippen molar-refractivity contribution in [1.82, 2.24) is 14.8 Å². The molecule has 4 rings (SSSR count). The van der Waals surface area contributed by atoms with E-state index in [1.165, 1.54) is 5.56 Å². The number of rotatable bonds is 6. The second-order valence-electron chi connectivity index (χ2n) is 5.83. The number of alkyl halides is 2. The second kappa shape index (κ2) is 6.47. The molecule has 0 radical (unpaired) electrons. The fraction of sp³-hybridized carbons (Fsp3) is 0.294. The van der Waals surface area contributed by atoms with Crippen molar-refractivity contribution in [3.63, 3.8) is 0 Å². The molecule has 2 aromatic heterocycles. The van der Waals surface area contributed by atoms with Gasteiger partial charge in [0.05, 0.1) is 12.8 Å². The van der Waals surface area contributed by atoms with Crippen LogP contribution in [0.5, 0.6) is 0 Å². The van der Waals surface area contributed by atoms with Crippen LogP contribution in [0.2, 0.25) is 0 Å². The van der Waals surface area contributed by atoms with Crippen molar-refractivity contribution in [2.75, 3.05) is 5.75 Å². The number of thioether (sulfide) groups is 1. The van der Waals surface area contributed by atoms with Crippen molar-refractivity contribution < 1.29 is 4.42 Å². The lowest BCUT2D eigenvalue weighted by Crippen LogP contribution is -2.04. The van der Waals surface area contributed by atoms with Gasteiger partial charge < -0.3 is 4.42 Å². The van der Waals surface area contributed by atoms with Gasteiger partial charge >= 0.3 is 0 Å². The lowest BCUT2D eigenvalue weighted by Gasteiger charge is -2.09. The van der Waals surface area contributed by atoms with Crippen molar-refractivity contribution in [1.29, 1.82) is 0 Å². The molecule has 0 aliphatic heterocycles. The molecule has 1 atom stereocenters. The summed E-state index contributed by atoms with van der Waals surface area (Å²) >= 11 is 13.9. The molecular formula is C17H15Cl2N3OS. The van der Waals surface area contributed by atoms with Crippen molar-refractivity contribution >= 4 is 35.0 Å². The van der Waals surface area contributed by atoms with E-state index in [0.717, 1.165) is 23.2 Å². The maximum absolute atomic E-state index is 6.12. The first-order valence-electron chi connectivity index (χ1n) is 7.65. The first kappa shape index (κ1) is 16.1. The topological polar surface area (TPSA) is 43.9 Å². The van der Waals surface area contributed by atoms with Crippen molar-refractivity contribution in [3.8, 4) is 11.6 Å². The Labute approximate surface area is 154 Å². The van der Waals surface area contributed by atoms with Crippen LogP contribution >= 0.6 is 35.0 Å². The van der Waals surface area contributed by atoms with Crippen LogP contribution in [0.25, 0.3) is 11.6 Å². The standard InChI is InChI=1S/C17H15Cl2N3OS/c18-17(19)9-13(17)11-24-16-21-20-15(14-7-4-8-23-14)22(16)10-12-5-2-1-3-6-12/h1-8,13H,9-11H2/t13-/m0/s1. The van der Waals surface area contributed by atoms with Gasteiger partial charge in [-0.1, -0.05) is 42.1 Å². The summed E-state index contributed by atoms with van der Waals surface area (Å²) in [5.41, 5.74) is 1.18. The normalized spacial score (nSPS) is 18.7. The van der Waals surface area contributed by atoms with Gasteiger partial charge in [0, 0.05) is 11.7 Å². The van der Waals surface area contributed by atoms with E-state index in [0.29, 0.717) is 18.2 Å². The zero-order chi connectivity index (χ0) is 16.6. The fourth-order valence-electron chi connectivity index (χ4n) is 2.52. The van der Waals surface area contributed by atoms with Crippen LogP contribution in [-0.2, 0) is 6.54 Å². The Morgan fingerprint density at radius 1 is 1.17 bits per heavy atom. The highest BCUT2D eigenvalue weighted by Crippen LogP contribution is 2.54. The first-order chi connectivity index (χ1) is 11.6. The van der Waals surface area contributed by atoms with Gasteiger partial charge in [-0.05, 0) is 24.1 Å². The summed E-state index contributed by atoms with van der Waals surface area (Å²) in [6.07, 6.45) is 2.48. The number of halogens is 2. The summed E-state index contributed by atoms with van der Waals surface area (Å²) in [6, 6.07) is 14.0. The van der Waals surface area contributed by atoms with Gasteiger partial charge in [0.15, 0.2) is 10.9 Å². The predicted molar refractivity (Wildman–Crippen MR) is 96.5 cm³/mol. The average molecular weight is 380 g/mol. The Bertz CT molecular complexity index is 818. The van der Waals surface area contributed by atoms with E-state index in [4.69, 9.17) is 27.6 Å². The second-order valence-corrected chi connectivity index (χ2v) is 8.36. The molecule has 1 aromatic carbocycles. The number of nitrogens with zero attached hydrogens (tertiary/aromatic N) is 3. The summed E-state index contributed by atoms with van der Waals surface area (Å²) in [6.45, 7) is 0.684. The largest absolute Gasteiger partial charge is 0.461 e. The highest BCUT2D eigenvalue weighted by atomic mass is 35.5. The van der Waals surface area contributed by atoms with Gasteiger partial charge in [-0.15, -0.1) is 33.4 Å². The zero-order valence-corrected chi connectivity index (χ0v) is 15.1. The maximum Gasteiger partial charge on any atom is 0.200 e. The van der Waals surface area contributed by atoms with E-state index in [9.17, 15) is 0 Å². The Hall–Kier alpha value is -1.43. The van der Waals surface area contributed by atoms with Gasteiger partial charge in [0.25, 0.3) is 0 Å². The molecule has 3 aromatic rings. The summed E-state index contributed by atoms with van der Waals surface area (Å²) < 4.78 is 7.01. The van der Waals surface area contributed by atoms with Crippen LogP contribution in [-0.4, -0.2) is 24.9 Å². The molecule has 0 N–H and O–H groups in total. The summed E-state index contributed by atoms with van der Waals surface area (Å²) in [5.74, 6) is 2.57. The third-order valence-corrected chi connectivity index (χ3v) is 6.07. The number of benzene rings is 1. The number of aromatic nitrogens is 3. The SMILES string of the molecule is ClC1(Cl)C[C@H]1CSc1nnc(-c2ccco2)n1Cc1ccccc1. The van der Waals surface area contributed by atoms with Crippen LogP contribution in [0.3, 0.4) is 0 Å². The minimum Gasteiger partial charge on any atom is -0.461 e. The first-order valence-corrected chi connectivity index (χ1v) is 9.39. The third-order valence-electron chi connectivity index (χ3n) is 4.01. The van der Waals surface area contributed by atoms with Gasteiger partial charge in [0.2, 0.25) is 5.82 Å². The molecule has 7 heteroatoms. The van der Waals surface area contributed by atoms with E-state index in [1.54, 1.807) is 18.0 Å². The molecule has 124 valence electrons. The van der Waals surface area contributed by atoms with Crippen molar-refractivity contribution in [3.05, 3.63) is 54.3 Å². The van der Waals surface area contributed by atoms with Crippen LogP contribution in [0.1, 0.15) is 12.0 Å². The Kier molecular flexibility index (Phi) is 4.33. The number of hydrogen-bond acceptors (Lipinski definition) is 4. The third kappa shape index (κ3) is 3.34. The molecule has 0 spiro atoms. The van der Waals surface area contributed by atoms with Crippen LogP contribution in [0, 0.1) is 5.92 Å². The molecular weight excluding hydrogens is 365 g/mol. The Morgan fingerprint density at radius 3 is 2.62 bits per heavy atom. The van der Waals surface area contributed by atoms with E-state index in [1.807, 2.05) is 30.3 Å². The molecule has 1 aliphatic carbocycles. The molecule has 2 heterocycles. The summed E-state index contributed by atoms with van der Waals surface area (Å²) in [5, 5.41) is 9.52. The molecule has 24 heavy (non-hydrogen) atoms. The molecule has 0 bridgehead atoms. The average Bonchev–Trinajstić information content (AvgIpc) is 2.99. The zero-order valence-electron chi connectivity index (χ0n) is 12.7. The van der Waals surface area contributed by atoms with Crippen LogP contribution in [0.15, 0.2) is 58.3 Å². The van der Waals surface area contributed by atoms with Crippen molar-refractivity contribution in [2.24, 2.45) is 5.92 Å². The van der Waals surface area contributed by atoms with Gasteiger partial charge in [-0.3, -0.25) is 4.57 Å². The minimum absolute atomic E-state index is 0.305. The van der Waals surface area contributed by atoms with E-state index < -0.39 is 4.33 Å². The van der Waals surface area contributed by atoms with Crippen molar-refractivity contribution in [2.45, 2.75) is 22.5 Å². The molecule has 0 unspecified atom stereocenters. The molecule has 1 aliphatic rings. The predicted octanol–water partition coefficient (Wildman–Crippen LogP) is 4.87. The monoisotopic (exact) mass is 379 g/mol. The number of hydrogen-bond donors (Lipinski definition) is 0. The smallest absolute Gasteiger partial charge is 0.200 e. The highest BCUT2D eigenvalue weighted by molar-refractivity contribution is 7.99. The van der Waals surface area contributed by atoms with Crippen LogP contribution in [0.4, 0.5) is 0 Å². The fourth-order valence-corrected chi connectivity index (χ4v) is 4.39. The Balaban J connectivity index is 1.61. The molecule has 0 amide bonds.